The molecule has 5 N–H and O–H groups in total. The van der Waals surface area contributed by atoms with Gasteiger partial charge in [0.05, 0.1) is 51.3 Å². The molecule has 0 radical (unpaired) electrons. The van der Waals surface area contributed by atoms with Crippen molar-refractivity contribution in [2.75, 3.05) is 0 Å². The summed E-state index contributed by atoms with van der Waals surface area (Å²) in [5.74, 6) is -7.01. The summed E-state index contributed by atoms with van der Waals surface area (Å²) < 4.78 is 0. The lowest BCUT2D eigenvalue weighted by molar-refractivity contribution is -0.123. The summed E-state index contributed by atoms with van der Waals surface area (Å²) in [6, 6.07) is 15.0. The van der Waals surface area contributed by atoms with Gasteiger partial charge in [-0.2, -0.15) is 0 Å². The minimum atomic E-state index is -1.42. The van der Waals surface area contributed by atoms with Crippen molar-refractivity contribution in [3.63, 3.8) is 0 Å². The Hall–Kier alpha value is -6.04. The van der Waals surface area contributed by atoms with E-state index in [-0.39, 0.29) is 62.5 Å². The van der Waals surface area contributed by atoms with Crippen LogP contribution in [0.4, 0.5) is 0 Å². The molecule has 0 aliphatic carbocycles. The third kappa shape index (κ3) is 4.69. The first-order valence-electron chi connectivity index (χ1n) is 11.9. The summed E-state index contributed by atoms with van der Waals surface area (Å²) in [5, 5.41) is 40.5. The topological polar surface area (TPSA) is 199 Å². The molecule has 204 valence electrons. The molecule has 5 rings (SSSR count). The first-order chi connectivity index (χ1) is 19.5. The Bertz CT molecular complexity index is 1720. The highest BCUT2D eigenvalue weighted by molar-refractivity contribution is 6.30. The molecule has 0 saturated carbocycles. The maximum Gasteiger partial charge on any atom is 0.335 e. The molecule has 12 heteroatoms. The predicted molar refractivity (Wildman–Crippen MR) is 140 cm³/mol. The van der Waals surface area contributed by atoms with Crippen LogP contribution in [0.15, 0.2) is 77.9 Å². The quantitative estimate of drug-likeness (QED) is 0.276. The Labute approximate surface area is 230 Å². The van der Waals surface area contributed by atoms with E-state index in [1.54, 1.807) is 30.3 Å². The van der Waals surface area contributed by atoms with Gasteiger partial charge in [-0.3, -0.25) is 9.59 Å². The lowest BCUT2D eigenvalue weighted by Crippen LogP contribution is -2.27. The van der Waals surface area contributed by atoms with Crippen LogP contribution >= 0.6 is 0 Å². The molecule has 0 spiro atoms. The average Bonchev–Trinajstić information content (AvgIpc) is 3.43. The number of amides is 2. The fraction of sp³-hybridized carbons (Fsp3) is 0.0345. The van der Waals surface area contributed by atoms with Crippen molar-refractivity contribution >= 4 is 47.1 Å². The molecule has 2 amide bonds. The van der Waals surface area contributed by atoms with Gasteiger partial charge in [-0.1, -0.05) is 30.3 Å². The minimum Gasteiger partial charge on any atom is -0.478 e. The van der Waals surface area contributed by atoms with E-state index in [0.717, 1.165) is 24.3 Å². The fourth-order valence-corrected chi connectivity index (χ4v) is 4.78. The van der Waals surface area contributed by atoms with E-state index in [9.17, 15) is 49.2 Å². The van der Waals surface area contributed by atoms with Crippen LogP contribution < -0.4 is 5.32 Å². The van der Waals surface area contributed by atoms with Gasteiger partial charge in [-0.05, 0) is 47.5 Å². The second kappa shape index (κ2) is 9.93. The van der Waals surface area contributed by atoms with Gasteiger partial charge < -0.3 is 30.6 Å². The first-order valence-corrected chi connectivity index (χ1v) is 11.9. The van der Waals surface area contributed by atoms with E-state index in [2.05, 4.69) is 5.32 Å². The SMILES string of the molecule is O=C1NC(c2cc(C(=O)O)cc(C(=O)O)c2)=C2C(=O)N(Cc3cc(C(=O)O)cc(C(=O)O)c3)C(c3ccccc3)=C12. The summed E-state index contributed by atoms with van der Waals surface area (Å²) in [5.41, 5.74) is -0.935. The molecule has 0 aromatic heterocycles. The highest BCUT2D eigenvalue weighted by Gasteiger charge is 2.45. The Balaban J connectivity index is 1.72. The lowest BCUT2D eigenvalue weighted by atomic mass is 9.99. The third-order valence-corrected chi connectivity index (χ3v) is 6.52. The number of carbonyl (C=O) groups is 6. The summed E-state index contributed by atoms with van der Waals surface area (Å²) in [4.78, 5) is 75.1. The van der Waals surface area contributed by atoms with Crippen LogP contribution in [0.3, 0.4) is 0 Å². The number of hydrogen-bond acceptors (Lipinski definition) is 6. The molecular formula is C29H18N2O10. The van der Waals surface area contributed by atoms with E-state index < -0.39 is 35.7 Å². The van der Waals surface area contributed by atoms with Crippen molar-refractivity contribution in [1.29, 1.82) is 0 Å². The van der Waals surface area contributed by atoms with Crippen LogP contribution in [0.5, 0.6) is 0 Å². The Morgan fingerprint density at radius 1 is 0.634 bits per heavy atom. The van der Waals surface area contributed by atoms with Crippen LogP contribution in [0, 0.1) is 0 Å². The highest BCUT2D eigenvalue weighted by Crippen LogP contribution is 2.43. The zero-order valence-corrected chi connectivity index (χ0v) is 20.7. The Kier molecular flexibility index (Phi) is 6.43. The molecule has 0 saturated heterocycles. The number of carbonyl (C=O) groups excluding carboxylic acids is 2. The lowest BCUT2D eigenvalue weighted by Gasteiger charge is -2.22. The van der Waals surface area contributed by atoms with Crippen molar-refractivity contribution < 1.29 is 49.2 Å². The van der Waals surface area contributed by atoms with Gasteiger partial charge in [-0.15, -0.1) is 0 Å². The van der Waals surface area contributed by atoms with E-state index in [1.807, 2.05) is 0 Å². The van der Waals surface area contributed by atoms with Crippen molar-refractivity contribution in [1.82, 2.24) is 10.2 Å². The van der Waals surface area contributed by atoms with Crippen LogP contribution in [0.1, 0.15) is 58.1 Å². The molecule has 0 atom stereocenters. The molecule has 2 aliphatic rings. The molecule has 0 bridgehead atoms. The monoisotopic (exact) mass is 554 g/mol. The largest absolute Gasteiger partial charge is 0.478 e. The number of rotatable bonds is 8. The van der Waals surface area contributed by atoms with Crippen molar-refractivity contribution in [2.24, 2.45) is 0 Å². The van der Waals surface area contributed by atoms with Gasteiger partial charge >= 0.3 is 23.9 Å². The van der Waals surface area contributed by atoms with Gasteiger partial charge in [0.2, 0.25) is 0 Å². The number of hydrogen-bond donors (Lipinski definition) is 5. The van der Waals surface area contributed by atoms with Gasteiger partial charge in [-0.25, -0.2) is 19.2 Å². The number of nitrogens with one attached hydrogen (secondary N) is 1. The first kappa shape index (κ1) is 26.6. The molecule has 0 unspecified atom stereocenters. The molecule has 41 heavy (non-hydrogen) atoms. The second-order valence-electron chi connectivity index (χ2n) is 9.12. The average molecular weight is 554 g/mol. The maximum atomic E-state index is 13.9. The normalized spacial score (nSPS) is 14.3. The van der Waals surface area contributed by atoms with Crippen molar-refractivity contribution in [2.45, 2.75) is 6.54 Å². The number of aromatic carboxylic acids is 4. The molecule has 2 heterocycles. The Morgan fingerprint density at radius 2 is 1.12 bits per heavy atom. The predicted octanol–water partition coefficient (Wildman–Crippen LogP) is 2.77. The van der Waals surface area contributed by atoms with Gasteiger partial charge in [0, 0.05) is 5.56 Å². The zero-order chi connectivity index (χ0) is 29.6. The molecule has 12 nitrogen and oxygen atoms in total. The second-order valence-corrected chi connectivity index (χ2v) is 9.12. The zero-order valence-electron chi connectivity index (χ0n) is 20.7. The van der Waals surface area contributed by atoms with Crippen LogP contribution in [-0.2, 0) is 16.1 Å². The molecule has 3 aromatic rings. The smallest absolute Gasteiger partial charge is 0.335 e. The number of nitrogens with zero attached hydrogens (tertiary/aromatic N) is 1. The Morgan fingerprint density at radius 3 is 1.61 bits per heavy atom. The molecule has 2 aliphatic heterocycles. The van der Waals surface area contributed by atoms with Gasteiger partial charge in [0.15, 0.2) is 0 Å². The molecule has 0 fully saturated rings. The summed E-state index contributed by atoms with van der Waals surface area (Å²) >= 11 is 0. The molecule has 3 aromatic carbocycles. The maximum absolute atomic E-state index is 13.9. The minimum absolute atomic E-state index is 0.0238. The van der Waals surface area contributed by atoms with Crippen LogP contribution in [0.25, 0.3) is 11.4 Å². The number of carboxylic acid groups (broad SMARTS) is 4. The van der Waals surface area contributed by atoms with Crippen LogP contribution in [-0.4, -0.2) is 61.0 Å². The van der Waals surface area contributed by atoms with E-state index in [1.165, 1.54) is 17.0 Å². The number of fused-ring (bicyclic) bond motifs is 1. The summed E-state index contributed by atoms with van der Waals surface area (Å²) in [7, 11) is 0. The van der Waals surface area contributed by atoms with E-state index >= 15 is 0 Å². The van der Waals surface area contributed by atoms with Gasteiger partial charge in [0.1, 0.15) is 0 Å². The standard InChI is InChI=1S/C29H18N2O10/c32-24-21-20(22(30-24)15-8-18(28(38)39)11-19(9-15)29(40)41)25(33)31(23(21)14-4-2-1-3-5-14)12-13-6-16(26(34)35)10-17(7-13)27(36)37/h1-11H,12H2,(H,30,32)(H,34,35)(H,36,37)(H,38,39)(H,40,41). The number of benzene rings is 3. The third-order valence-electron chi connectivity index (χ3n) is 6.52. The highest BCUT2D eigenvalue weighted by atomic mass is 16.4. The molecular weight excluding hydrogens is 536 g/mol. The van der Waals surface area contributed by atoms with Crippen LogP contribution in [0.2, 0.25) is 0 Å². The van der Waals surface area contributed by atoms with Crippen molar-refractivity contribution in [3.05, 3.63) is 117 Å². The summed E-state index contributed by atoms with van der Waals surface area (Å²) in [6.45, 7) is -0.312. The van der Waals surface area contributed by atoms with Gasteiger partial charge in [0.25, 0.3) is 11.8 Å². The summed E-state index contributed by atoms with van der Waals surface area (Å²) in [6.07, 6.45) is 0. The van der Waals surface area contributed by atoms with Crippen molar-refractivity contribution in [3.8, 4) is 0 Å². The van der Waals surface area contributed by atoms with E-state index in [4.69, 9.17) is 0 Å². The number of carboxylic acids is 4. The fourth-order valence-electron chi connectivity index (χ4n) is 4.78. The van der Waals surface area contributed by atoms with E-state index in [0.29, 0.717) is 5.56 Å².